The fourth-order valence-corrected chi connectivity index (χ4v) is 10.6. The largest absolute Gasteiger partial charge is 0.466 e. The molecule has 0 unspecified atom stereocenters. The molecule has 0 aliphatic carbocycles. The molecule has 344 valence electrons. The highest BCUT2D eigenvalue weighted by Gasteiger charge is 2.30. The maximum absolute atomic E-state index is 13.6. The summed E-state index contributed by atoms with van der Waals surface area (Å²) >= 11 is 30.3. The minimum atomic E-state index is -0.221. The number of rotatable bonds is 14. The third kappa shape index (κ3) is 11.8. The Morgan fingerprint density at radius 3 is 1.28 bits per heavy atom. The fraction of sp³-hybridized carbons (Fsp3) is 0.385. The van der Waals surface area contributed by atoms with Gasteiger partial charge >= 0.3 is 11.9 Å². The summed E-state index contributed by atoms with van der Waals surface area (Å²) in [4.78, 5) is 56.6. The first-order valence-electron chi connectivity index (χ1n) is 22.3. The summed E-state index contributed by atoms with van der Waals surface area (Å²) < 4.78 is 10.4. The number of nitrogens with zero attached hydrogens (tertiary/aromatic N) is 2. The van der Waals surface area contributed by atoms with Crippen LogP contribution in [-0.2, 0) is 28.7 Å². The first-order valence-corrected chi connectivity index (χ1v) is 24.6. The molecule has 2 aliphatic heterocycles. The van der Waals surface area contributed by atoms with Crippen molar-refractivity contribution in [2.45, 2.75) is 88.9 Å². The molecular formula is C52H56Cl4N2O6S. The molecule has 4 aromatic carbocycles. The van der Waals surface area contributed by atoms with Crippen LogP contribution in [0.4, 0.5) is 0 Å². The zero-order valence-electron chi connectivity index (χ0n) is 37.7. The van der Waals surface area contributed by atoms with Gasteiger partial charge in [0.2, 0.25) is 11.8 Å². The summed E-state index contributed by atoms with van der Waals surface area (Å²) in [6.07, 6.45) is 8.65. The van der Waals surface area contributed by atoms with Gasteiger partial charge < -0.3 is 19.3 Å². The van der Waals surface area contributed by atoms with E-state index < -0.39 is 0 Å². The Bertz CT molecular complexity index is 2300. The van der Waals surface area contributed by atoms with E-state index in [0.717, 1.165) is 33.4 Å². The molecule has 4 aromatic rings. The number of benzene rings is 4. The third-order valence-corrected chi connectivity index (χ3v) is 15.1. The quantitative estimate of drug-likeness (QED) is 0.0918. The van der Waals surface area contributed by atoms with Crippen LogP contribution in [0.15, 0.2) is 82.6 Å². The van der Waals surface area contributed by atoms with Crippen LogP contribution in [0.5, 0.6) is 0 Å². The van der Waals surface area contributed by atoms with Crippen LogP contribution in [-0.4, -0.2) is 72.9 Å². The lowest BCUT2D eigenvalue weighted by atomic mass is 9.90. The van der Waals surface area contributed by atoms with E-state index in [1.165, 1.54) is 23.9 Å². The molecule has 2 aliphatic rings. The van der Waals surface area contributed by atoms with Crippen LogP contribution >= 0.6 is 58.2 Å². The van der Waals surface area contributed by atoms with Crippen molar-refractivity contribution in [3.8, 4) is 22.3 Å². The molecule has 0 bridgehead atoms. The molecule has 0 spiro atoms. The Morgan fingerprint density at radius 2 is 0.938 bits per heavy atom. The molecule has 2 fully saturated rings. The lowest BCUT2D eigenvalue weighted by Crippen LogP contribution is -2.39. The maximum Gasteiger partial charge on any atom is 0.309 e. The number of hydrogen-bond donors (Lipinski definition) is 0. The monoisotopic (exact) mass is 976 g/mol. The van der Waals surface area contributed by atoms with E-state index in [1.54, 1.807) is 35.8 Å². The first-order chi connectivity index (χ1) is 31.1. The van der Waals surface area contributed by atoms with Crippen molar-refractivity contribution in [3.63, 3.8) is 0 Å². The van der Waals surface area contributed by atoms with E-state index >= 15 is 0 Å². The van der Waals surface area contributed by atoms with E-state index in [0.29, 0.717) is 86.0 Å². The molecular weight excluding hydrogens is 922 g/mol. The summed E-state index contributed by atoms with van der Waals surface area (Å²) in [5.41, 5.74) is 6.82. The Hall–Kier alpha value is -4.25. The van der Waals surface area contributed by atoms with Gasteiger partial charge in [-0.25, -0.2) is 0 Å². The second kappa shape index (κ2) is 23.0. The van der Waals surface area contributed by atoms with Gasteiger partial charge in [0.05, 0.1) is 45.1 Å². The molecule has 65 heavy (non-hydrogen) atoms. The normalized spacial score (nSPS) is 15.1. The van der Waals surface area contributed by atoms with Gasteiger partial charge in [0.15, 0.2) is 0 Å². The number of hydrogen-bond acceptors (Lipinski definition) is 7. The smallest absolute Gasteiger partial charge is 0.309 e. The number of amides is 2. The van der Waals surface area contributed by atoms with Crippen LogP contribution < -0.4 is 0 Å². The number of ether oxygens (including phenoxy) is 2. The molecule has 2 heterocycles. The maximum atomic E-state index is 13.6. The van der Waals surface area contributed by atoms with Crippen molar-refractivity contribution in [3.05, 3.63) is 115 Å². The van der Waals surface area contributed by atoms with E-state index in [2.05, 4.69) is 39.8 Å². The van der Waals surface area contributed by atoms with E-state index in [1.807, 2.05) is 48.5 Å². The summed E-state index contributed by atoms with van der Waals surface area (Å²) in [7, 11) is 0. The van der Waals surface area contributed by atoms with Crippen LogP contribution in [0.1, 0.15) is 101 Å². The molecule has 13 heteroatoms. The van der Waals surface area contributed by atoms with Crippen molar-refractivity contribution in [2.75, 3.05) is 39.4 Å². The van der Waals surface area contributed by atoms with Crippen molar-refractivity contribution in [1.82, 2.24) is 9.80 Å². The van der Waals surface area contributed by atoms with E-state index in [9.17, 15) is 19.2 Å². The topological polar surface area (TPSA) is 93.2 Å². The van der Waals surface area contributed by atoms with Gasteiger partial charge in [0.1, 0.15) is 0 Å². The minimum Gasteiger partial charge on any atom is -0.466 e. The molecule has 8 nitrogen and oxygen atoms in total. The van der Waals surface area contributed by atoms with E-state index in [-0.39, 0.29) is 67.5 Å². The van der Waals surface area contributed by atoms with Gasteiger partial charge in [-0.1, -0.05) is 134 Å². The average Bonchev–Trinajstić information content (AvgIpc) is 3.31. The highest BCUT2D eigenvalue weighted by Crippen LogP contribution is 2.50. The lowest BCUT2D eigenvalue weighted by molar-refractivity contribution is -0.151. The van der Waals surface area contributed by atoms with E-state index in [4.69, 9.17) is 55.9 Å². The van der Waals surface area contributed by atoms with Crippen molar-refractivity contribution in [1.29, 1.82) is 0 Å². The van der Waals surface area contributed by atoms with Gasteiger partial charge in [-0.05, 0) is 109 Å². The van der Waals surface area contributed by atoms with Gasteiger partial charge in [-0.15, -0.1) is 0 Å². The van der Waals surface area contributed by atoms with Gasteiger partial charge in [0.25, 0.3) is 0 Å². The Kier molecular flexibility index (Phi) is 17.7. The predicted molar refractivity (Wildman–Crippen MR) is 266 cm³/mol. The number of piperidine rings is 2. The van der Waals surface area contributed by atoms with Gasteiger partial charge in [-0.3, -0.25) is 19.2 Å². The van der Waals surface area contributed by atoms with Crippen molar-refractivity contribution >= 4 is 94.1 Å². The second-order valence-corrected chi connectivity index (χ2v) is 19.5. The molecule has 2 amide bonds. The number of carbonyl (C=O) groups excluding carboxylic acids is 4. The minimum absolute atomic E-state index is 0.164. The number of halogens is 4. The molecule has 0 saturated carbocycles. The SMILES string of the molecule is CCOC(=O)C1CCN(C(=O)/C=C/c2c(-c3ccccc3C(C)C)cc(Sc3cc(-c4ccccc4C(C)C)c(/C=C/C(=O)N4CCC(C(=O)OCC)CC4)c(Cl)c3Cl)c(Cl)c2Cl)CC1. The first kappa shape index (κ1) is 50.2. The summed E-state index contributed by atoms with van der Waals surface area (Å²) in [6.45, 7) is 14.5. The number of carbonyl (C=O) groups is 4. The number of esters is 2. The average molecular weight is 979 g/mol. The summed E-state index contributed by atoms with van der Waals surface area (Å²) in [5.74, 6) is -0.929. The zero-order chi connectivity index (χ0) is 46.9. The zero-order valence-corrected chi connectivity index (χ0v) is 41.6. The molecule has 6 rings (SSSR count). The summed E-state index contributed by atoms with van der Waals surface area (Å²) in [5, 5.41) is 1.10. The standard InChI is InChI=1S/C52H56Cl4N2O6S/c1-7-63-51(61)33-21-25-57(26-22-33)45(59)19-17-39-41(37-15-11-9-13-35(37)31(3)4)29-43(49(55)47(39)53)65-44-30-42(38-16-12-10-14-36(38)32(5)6)40(48(54)50(44)56)18-20-46(60)58-27-23-34(24-28-58)52(62)64-8-2/h9-20,29-34H,7-8,21-28H2,1-6H3/b19-17+,20-18+. The van der Waals surface area contributed by atoms with Crippen LogP contribution in [0, 0.1) is 11.8 Å². The highest BCUT2D eigenvalue weighted by atomic mass is 35.5. The highest BCUT2D eigenvalue weighted by molar-refractivity contribution is 7.99. The Labute approximate surface area is 407 Å². The predicted octanol–water partition coefficient (Wildman–Crippen LogP) is 13.7. The number of likely N-dealkylation sites (tertiary alicyclic amines) is 2. The molecule has 0 aromatic heterocycles. The van der Waals surface area contributed by atoms with Crippen LogP contribution in [0.3, 0.4) is 0 Å². The summed E-state index contributed by atoms with van der Waals surface area (Å²) in [6, 6.07) is 20.2. The molecule has 0 N–H and O–H groups in total. The third-order valence-electron chi connectivity index (χ3n) is 12.0. The molecule has 0 atom stereocenters. The van der Waals surface area contributed by atoms with Gasteiger partial charge in [0, 0.05) is 59.2 Å². The molecule has 2 saturated heterocycles. The Morgan fingerprint density at radius 1 is 0.585 bits per heavy atom. The van der Waals surface area contributed by atoms with Gasteiger partial charge in [-0.2, -0.15) is 0 Å². The van der Waals surface area contributed by atoms with Crippen LogP contribution in [0.25, 0.3) is 34.4 Å². The fourth-order valence-electron chi connectivity index (χ4n) is 8.48. The van der Waals surface area contributed by atoms with Crippen molar-refractivity contribution < 1.29 is 28.7 Å². The lowest BCUT2D eigenvalue weighted by Gasteiger charge is -2.30. The van der Waals surface area contributed by atoms with Crippen molar-refractivity contribution in [2.24, 2.45) is 11.8 Å². The second-order valence-electron chi connectivity index (χ2n) is 16.9. The molecule has 0 radical (unpaired) electrons. The van der Waals surface area contributed by atoms with Crippen LogP contribution in [0.2, 0.25) is 20.1 Å². The Balaban J connectivity index is 1.39.